The first kappa shape index (κ1) is 11.8. The van der Waals surface area contributed by atoms with Crippen LogP contribution in [0.4, 0.5) is 14.6 Å². The third kappa shape index (κ3) is 5.21. The van der Waals surface area contributed by atoms with Gasteiger partial charge in [-0.3, -0.25) is 0 Å². The van der Waals surface area contributed by atoms with Crippen LogP contribution in [0.5, 0.6) is 0 Å². The van der Waals surface area contributed by atoms with Crippen LogP contribution in [0.3, 0.4) is 0 Å². The molecule has 0 unspecified atom stereocenters. The van der Waals surface area contributed by atoms with Crippen LogP contribution >= 0.6 is 0 Å². The van der Waals surface area contributed by atoms with Crippen LogP contribution in [0.25, 0.3) is 0 Å². The topological polar surface area (TPSA) is 47.0 Å². The van der Waals surface area contributed by atoms with E-state index in [-0.39, 0.29) is 6.61 Å². The minimum atomic E-state index is -2.41. The number of aromatic nitrogens is 2. The summed E-state index contributed by atoms with van der Waals surface area (Å²) in [5, 5.41) is 10.5. The minimum absolute atomic E-state index is 0.222. The van der Waals surface area contributed by atoms with Crippen LogP contribution < -0.4 is 5.32 Å². The van der Waals surface area contributed by atoms with E-state index in [1.54, 1.807) is 6.20 Å². The summed E-state index contributed by atoms with van der Waals surface area (Å²) in [7, 11) is 0. The second-order valence-electron chi connectivity index (χ2n) is 3.01. The molecule has 1 heterocycles. The van der Waals surface area contributed by atoms with Gasteiger partial charge in [0.25, 0.3) is 6.43 Å². The number of ether oxygens (including phenoxy) is 1. The predicted octanol–water partition coefficient (Wildman–Crippen LogP) is 1.48. The summed E-state index contributed by atoms with van der Waals surface area (Å²) in [6, 6.07) is 1.82. The van der Waals surface area contributed by atoms with Crippen molar-refractivity contribution in [1.29, 1.82) is 0 Å². The highest BCUT2D eigenvalue weighted by atomic mass is 19.3. The molecule has 4 nitrogen and oxygen atoms in total. The van der Waals surface area contributed by atoms with Crippen LogP contribution in [0, 0.1) is 6.92 Å². The Hall–Kier alpha value is -1.30. The van der Waals surface area contributed by atoms with Crippen molar-refractivity contribution in [1.82, 2.24) is 10.2 Å². The first-order chi connectivity index (χ1) is 7.18. The van der Waals surface area contributed by atoms with Crippen molar-refractivity contribution in [3.05, 3.63) is 17.8 Å². The Morgan fingerprint density at radius 1 is 1.53 bits per heavy atom. The molecule has 0 atom stereocenters. The van der Waals surface area contributed by atoms with E-state index in [1.807, 2.05) is 13.0 Å². The molecule has 0 aromatic carbocycles. The SMILES string of the molecule is Cc1cnnc(NCCOCC(F)F)c1. The summed E-state index contributed by atoms with van der Waals surface area (Å²) in [4.78, 5) is 0. The zero-order valence-electron chi connectivity index (χ0n) is 8.41. The van der Waals surface area contributed by atoms with Gasteiger partial charge in [-0.2, -0.15) is 5.10 Å². The second-order valence-corrected chi connectivity index (χ2v) is 3.01. The summed E-state index contributed by atoms with van der Waals surface area (Å²) < 4.78 is 28.0. The molecule has 0 amide bonds. The fraction of sp³-hybridized carbons (Fsp3) is 0.556. The highest BCUT2D eigenvalue weighted by Gasteiger charge is 2.01. The molecule has 15 heavy (non-hydrogen) atoms. The van der Waals surface area contributed by atoms with Gasteiger partial charge in [0.2, 0.25) is 0 Å². The van der Waals surface area contributed by atoms with Gasteiger partial charge >= 0.3 is 0 Å². The lowest BCUT2D eigenvalue weighted by Crippen LogP contribution is -2.13. The Balaban J connectivity index is 2.15. The Morgan fingerprint density at radius 3 is 3.00 bits per heavy atom. The highest BCUT2D eigenvalue weighted by Crippen LogP contribution is 2.02. The largest absolute Gasteiger partial charge is 0.374 e. The monoisotopic (exact) mass is 217 g/mol. The molecule has 0 aliphatic rings. The summed E-state index contributed by atoms with van der Waals surface area (Å²) in [6.45, 7) is 2.03. The highest BCUT2D eigenvalue weighted by molar-refractivity contribution is 5.34. The predicted molar refractivity (Wildman–Crippen MR) is 52.1 cm³/mol. The lowest BCUT2D eigenvalue weighted by Gasteiger charge is -2.05. The molecule has 0 fully saturated rings. The number of hydrogen-bond donors (Lipinski definition) is 1. The van der Waals surface area contributed by atoms with E-state index >= 15 is 0 Å². The van der Waals surface area contributed by atoms with E-state index in [1.165, 1.54) is 0 Å². The molecule has 84 valence electrons. The average molecular weight is 217 g/mol. The molecule has 0 aliphatic heterocycles. The van der Waals surface area contributed by atoms with Gasteiger partial charge in [-0.05, 0) is 18.6 Å². The molecule has 0 spiro atoms. The van der Waals surface area contributed by atoms with Crippen LogP contribution in [-0.4, -0.2) is 36.4 Å². The number of aryl methyl sites for hydroxylation is 1. The molecule has 1 rings (SSSR count). The van der Waals surface area contributed by atoms with Gasteiger partial charge in [0.1, 0.15) is 12.4 Å². The number of rotatable bonds is 6. The number of alkyl halides is 2. The summed E-state index contributed by atoms with van der Waals surface area (Å²) in [5.41, 5.74) is 0.987. The second kappa shape index (κ2) is 6.23. The summed E-state index contributed by atoms with van der Waals surface area (Å²) in [5.74, 6) is 0.621. The molecule has 1 aromatic heterocycles. The van der Waals surface area contributed by atoms with E-state index in [2.05, 4.69) is 20.3 Å². The van der Waals surface area contributed by atoms with E-state index < -0.39 is 13.0 Å². The van der Waals surface area contributed by atoms with E-state index in [4.69, 9.17) is 0 Å². The number of nitrogens with zero attached hydrogens (tertiary/aromatic N) is 2. The zero-order chi connectivity index (χ0) is 11.1. The Kier molecular flexibility index (Phi) is 4.89. The molecule has 0 radical (unpaired) electrons. The van der Waals surface area contributed by atoms with Crippen molar-refractivity contribution >= 4 is 5.82 Å². The van der Waals surface area contributed by atoms with E-state index in [0.717, 1.165) is 5.56 Å². The van der Waals surface area contributed by atoms with Gasteiger partial charge in [-0.25, -0.2) is 8.78 Å². The zero-order valence-corrected chi connectivity index (χ0v) is 8.41. The third-order valence-electron chi connectivity index (χ3n) is 1.59. The van der Waals surface area contributed by atoms with Crippen LogP contribution in [0.15, 0.2) is 12.3 Å². The van der Waals surface area contributed by atoms with E-state index in [9.17, 15) is 8.78 Å². The molecule has 0 aliphatic carbocycles. The first-order valence-corrected chi connectivity index (χ1v) is 4.57. The maximum atomic E-state index is 11.7. The van der Waals surface area contributed by atoms with Gasteiger partial charge in [-0.15, -0.1) is 5.10 Å². The Bertz CT molecular complexity index is 296. The Morgan fingerprint density at radius 2 is 2.33 bits per heavy atom. The number of halogens is 2. The summed E-state index contributed by atoms with van der Waals surface area (Å²) >= 11 is 0. The summed E-state index contributed by atoms with van der Waals surface area (Å²) in [6.07, 6.45) is -0.776. The van der Waals surface area contributed by atoms with Crippen molar-refractivity contribution in [2.45, 2.75) is 13.3 Å². The van der Waals surface area contributed by atoms with Gasteiger partial charge in [0, 0.05) is 6.54 Å². The number of anilines is 1. The maximum absolute atomic E-state index is 11.7. The number of hydrogen-bond acceptors (Lipinski definition) is 4. The molecule has 0 bridgehead atoms. The normalized spacial score (nSPS) is 10.7. The van der Waals surface area contributed by atoms with Crippen molar-refractivity contribution in [2.75, 3.05) is 25.1 Å². The molecule has 0 saturated carbocycles. The standard InChI is InChI=1S/C9H13F2N3O/c1-7-4-9(14-13-5-7)12-2-3-15-6-8(10)11/h4-5,8H,2-3,6H2,1H3,(H,12,14). The van der Waals surface area contributed by atoms with Crippen LogP contribution in [0.1, 0.15) is 5.56 Å². The third-order valence-corrected chi connectivity index (χ3v) is 1.59. The fourth-order valence-electron chi connectivity index (χ4n) is 0.974. The maximum Gasteiger partial charge on any atom is 0.261 e. The van der Waals surface area contributed by atoms with Crippen molar-refractivity contribution < 1.29 is 13.5 Å². The molecular formula is C9H13F2N3O. The van der Waals surface area contributed by atoms with Crippen LogP contribution in [0.2, 0.25) is 0 Å². The first-order valence-electron chi connectivity index (χ1n) is 4.57. The molecule has 6 heteroatoms. The van der Waals surface area contributed by atoms with Gasteiger partial charge in [0.05, 0.1) is 12.8 Å². The number of nitrogens with one attached hydrogen (secondary N) is 1. The fourth-order valence-corrected chi connectivity index (χ4v) is 0.974. The smallest absolute Gasteiger partial charge is 0.261 e. The Labute approximate surface area is 86.7 Å². The lowest BCUT2D eigenvalue weighted by atomic mass is 10.3. The van der Waals surface area contributed by atoms with E-state index in [0.29, 0.717) is 12.4 Å². The molecule has 1 N–H and O–H groups in total. The van der Waals surface area contributed by atoms with Gasteiger partial charge < -0.3 is 10.1 Å². The van der Waals surface area contributed by atoms with Crippen molar-refractivity contribution in [3.8, 4) is 0 Å². The van der Waals surface area contributed by atoms with Gasteiger partial charge in [-0.1, -0.05) is 0 Å². The quantitative estimate of drug-likeness (QED) is 0.733. The molecule has 0 saturated heterocycles. The molecule has 1 aromatic rings. The average Bonchev–Trinajstić information content (AvgIpc) is 2.17. The molecular weight excluding hydrogens is 204 g/mol. The lowest BCUT2D eigenvalue weighted by molar-refractivity contribution is 0.0214. The van der Waals surface area contributed by atoms with Crippen molar-refractivity contribution in [2.24, 2.45) is 0 Å². The minimum Gasteiger partial charge on any atom is -0.374 e. The van der Waals surface area contributed by atoms with Crippen molar-refractivity contribution in [3.63, 3.8) is 0 Å². The van der Waals surface area contributed by atoms with Gasteiger partial charge in [0.15, 0.2) is 0 Å². The van der Waals surface area contributed by atoms with Crippen LogP contribution in [-0.2, 0) is 4.74 Å².